The zero-order valence-electron chi connectivity index (χ0n) is 13.7. The molecule has 0 heterocycles. The van der Waals surface area contributed by atoms with Crippen LogP contribution in [0.3, 0.4) is 0 Å². The van der Waals surface area contributed by atoms with Crippen LogP contribution >= 0.6 is 11.6 Å². The van der Waals surface area contributed by atoms with Gasteiger partial charge in [-0.2, -0.15) is 5.26 Å². The molecule has 8 nitrogen and oxygen atoms in total. The Kier molecular flexibility index (Phi) is 5.83. The number of methoxy groups -OCH3 is 2. The summed E-state index contributed by atoms with van der Waals surface area (Å²) in [5.41, 5.74) is -0.585. The first-order valence-electron chi connectivity index (χ1n) is 7.41. The largest absolute Gasteiger partial charge is 0.493 e. The van der Waals surface area contributed by atoms with Gasteiger partial charge < -0.3 is 14.8 Å². The van der Waals surface area contributed by atoms with Crippen molar-refractivity contribution in [3.8, 4) is 17.6 Å². The Morgan fingerprint density at radius 1 is 1.44 bits per heavy atom. The number of halogens is 1. The van der Waals surface area contributed by atoms with E-state index in [2.05, 4.69) is 5.32 Å². The highest BCUT2D eigenvalue weighted by Crippen LogP contribution is 2.41. The van der Waals surface area contributed by atoms with Gasteiger partial charge in [0, 0.05) is 18.2 Å². The third-order valence-corrected chi connectivity index (χ3v) is 4.12. The predicted molar refractivity (Wildman–Crippen MR) is 90.3 cm³/mol. The number of carbonyl (C=O) groups is 1. The van der Waals surface area contributed by atoms with E-state index >= 15 is 0 Å². The van der Waals surface area contributed by atoms with E-state index in [1.807, 2.05) is 0 Å². The Bertz CT molecular complexity index is 781. The van der Waals surface area contributed by atoms with Crippen LogP contribution in [0.25, 0.3) is 5.03 Å². The molecule has 132 valence electrons. The van der Waals surface area contributed by atoms with Crippen LogP contribution in [0.2, 0.25) is 0 Å². The fourth-order valence-corrected chi connectivity index (χ4v) is 2.44. The smallest absolute Gasteiger partial charge is 0.315 e. The first-order chi connectivity index (χ1) is 11.9. The average molecular weight is 366 g/mol. The maximum atomic E-state index is 12.2. The van der Waals surface area contributed by atoms with E-state index < -0.39 is 10.8 Å². The van der Waals surface area contributed by atoms with Crippen molar-refractivity contribution in [1.29, 1.82) is 5.26 Å². The summed E-state index contributed by atoms with van der Waals surface area (Å²) >= 11 is 6.18. The highest BCUT2D eigenvalue weighted by atomic mass is 35.5. The molecular weight excluding hydrogens is 350 g/mol. The summed E-state index contributed by atoms with van der Waals surface area (Å²) in [5.74, 6) is -0.181. The van der Waals surface area contributed by atoms with Crippen molar-refractivity contribution in [2.45, 2.75) is 12.8 Å². The minimum atomic E-state index is -0.658. The minimum Gasteiger partial charge on any atom is -0.493 e. The number of carbonyl (C=O) groups excluding carboxylic acids is 1. The molecule has 0 spiro atoms. The lowest BCUT2D eigenvalue weighted by Gasteiger charge is -2.11. The SMILES string of the molecule is COc1cc(/C(Cl)=C(\C#N)C(=O)NCC2CC2)cc([N+](=O)[O-])c1OC. The number of nitriles is 1. The topological polar surface area (TPSA) is 114 Å². The van der Waals surface area contributed by atoms with E-state index in [1.54, 1.807) is 6.07 Å². The van der Waals surface area contributed by atoms with E-state index in [0.29, 0.717) is 12.5 Å². The fraction of sp³-hybridized carbons (Fsp3) is 0.375. The second-order valence-electron chi connectivity index (χ2n) is 5.44. The van der Waals surface area contributed by atoms with Crippen LogP contribution in [0, 0.1) is 27.4 Å². The fourth-order valence-electron chi connectivity index (χ4n) is 2.20. The van der Waals surface area contributed by atoms with Gasteiger partial charge in [0.25, 0.3) is 5.91 Å². The number of nitrogens with zero attached hydrogens (tertiary/aromatic N) is 2. The van der Waals surface area contributed by atoms with Gasteiger partial charge in [0.1, 0.15) is 11.6 Å². The molecule has 1 N–H and O–H groups in total. The third kappa shape index (κ3) is 4.19. The van der Waals surface area contributed by atoms with Crippen molar-refractivity contribution in [3.05, 3.63) is 33.4 Å². The van der Waals surface area contributed by atoms with Crippen molar-refractivity contribution in [1.82, 2.24) is 5.32 Å². The Balaban J connectivity index is 2.46. The third-order valence-electron chi connectivity index (χ3n) is 3.72. The molecule has 0 bridgehead atoms. The Morgan fingerprint density at radius 2 is 2.12 bits per heavy atom. The molecule has 1 aromatic carbocycles. The second-order valence-corrected chi connectivity index (χ2v) is 5.82. The summed E-state index contributed by atoms with van der Waals surface area (Å²) in [6, 6.07) is 4.26. The standard InChI is InChI=1S/C16H16ClN3O5/c1-24-13-6-10(5-12(20(22)23)15(13)25-2)14(17)11(7-18)16(21)19-8-9-3-4-9/h5-6,9H,3-4,8H2,1-2H3,(H,19,21)/b14-11-. The molecule has 9 heteroatoms. The van der Waals surface area contributed by atoms with E-state index in [9.17, 15) is 20.2 Å². The first kappa shape index (κ1) is 18.5. The van der Waals surface area contributed by atoms with Gasteiger partial charge in [-0.3, -0.25) is 14.9 Å². The number of amides is 1. The lowest BCUT2D eigenvalue weighted by atomic mass is 10.1. The lowest BCUT2D eigenvalue weighted by Crippen LogP contribution is -2.27. The molecule has 1 aliphatic carbocycles. The summed E-state index contributed by atoms with van der Waals surface area (Å²) < 4.78 is 10.1. The van der Waals surface area contributed by atoms with Gasteiger partial charge in [-0.1, -0.05) is 11.6 Å². The van der Waals surface area contributed by atoms with E-state index in [0.717, 1.165) is 18.9 Å². The zero-order chi connectivity index (χ0) is 18.6. The molecule has 0 aliphatic heterocycles. The number of hydrogen-bond acceptors (Lipinski definition) is 6. The molecule has 1 aliphatic rings. The summed E-state index contributed by atoms with van der Waals surface area (Å²) in [4.78, 5) is 22.7. The molecule has 0 unspecified atom stereocenters. The van der Waals surface area contributed by atoms with Crippen molar-refractivity contribution in [3.63, 3.8) is 0 Å². The molecule has 0 aromatic heterocycles. The molecule has 1 aromatic rings. The van der Waals surface area contributed by atoms with Crippen molar-refractivity contribution in [2.24, 2.45) is 5.92 Å². The van der Waals surface area contributed by atoms with Crippen LogP contribution in [-0.4, -0.2) is 31.6 Å². The van der Waals surface area contributed by atoms with Gasteiger partial charge in [-0.05, 0) is 24.8 Å². The number of nitro groups is 1. The molecular formula is C16H16ClN3O5. The van der Waals surface area contributed by atoms with Crippen LogP contribution in [0.5, 0.6) is 11.5 Å². The predicted octanol–water partition coefficient (Wildman–Crippen LogP) is 2.61. The van der Waals surface area contributed by atoms with Gasteiger partial charge in [0.15, 0.2) is 5.75 Å². The summed E-state index contributed by atoms with van der Waals surface area (Å²) in [5, 5.41) is 23.0. The molecule has 1 amide bonds. The molecule has 0 radical (unpaired) electrons. The number of hydrogen-bond donors (Lipinski definition) is 1. The van der Waals surface area contributed by atoms with Crippen LogP contribution in [0.4, 0.5) is 5.69 Å². The molecule has 1 fully saturated rings. The van der Waals surface area contributed by atoms with Crippen LogP contribution in [-0.2, 0) is 4.79 Å². The van der Waals surface area contributed by atoms with Gasteiger partial charge in [-0.25, -0.2) is 0 Å². The molecule has 2 rings (SSSR count). The number of nitro benzene ring substituents is 1. The maximum absolute atomic E-state index is 12.2. The average Bonchev–Trinajstić information content (AvgIpc) is 3.43. The molecule has 1 saturated carbocycles. The highest BCUT2D eigenvalue weighted by Gasteiger charge is 2.26. The highest BCUT2D eigenvalue weighted by molar-refractivity contribution is 6.51. The summed E-state index contributed by atoms with van der Waals surface area (Å²) in [6.07, 6.45) is 2.09. The Labute approximate surface area is 149 Å². The zero-order valence-corrected chi connectivity index (χ0v) is 14.4. The number of benzene rings is 1. The van der Waals surface area contributed by atoms with Crippen molar-refractivity contribution >= 4 is 28.2 Å². The molecule has 0 atom stereocenters. The van der Waals surface area contributed by atoms with Gasteiger partial charge in [0.2, 0.25) is 5.75 Å². The second kappa shape index (κ2) is 7.85. The minimum absolute atomic E-state index is 0.0699. The summed E-state index contributed by atoms with van der Waals surface area (Å²) in [7, 11) is 2.59. The van der Waals surface area contributed by atoms with Crippen molar-refractivity contribution in [2.75, 3.05) is 20.8 Å². The van der Waals surface area contributed by atoms with Crippen LogP contribution in [0.15, 0.2) is 17.7 Å². The van der Waals surface area contributed by atoms with Crippen molar-refractivity contribution < 1.29 is 19.2 Å². The molecule has 25 heavy (non-hydrogen) atoms. The Morgan fingerprint density at radius 3 is 2.60 bits per heavy atom. The monoisotopic (exact) mass is 365 g/mol. The quantitative estimate of drug-likeness (QED) is 0.344. The maximum Gasteiger partial charge on any atom is 0.315 e. The van der Waals surface area contributed by atoms with Crippen LogP contribution in [0.1, 0.15) is 18.4 Å². The van der Waals surface area contributed by atoms with E-state index in [4.69, 9.17) is 21.1 Å². The number of ether oxygens (including phenoxy) is 2. The van der Waals surface area contributed by atoms with E-state index in [-0.39, 0.29) is 33.4 Å². The number of nitrogens with one attached hydrogen (secondary N) is 1. The summed E-state index contributed by atoms with van der Waals surface area (Å²) in [6.45, 7) is 0.472. The lowest BCUT2D eigenvalue weighted by molar-refractivity contribution is -0.385. The van der Waals surface area contributed by atoms with E-state index in [1.165, 1.54) is 20.3 Å². The Hall–Kier alpha value is -2.79. The van der Waals surface area contributed by atoms with Gasteiger partial charge in [0.05, 0.1) is 24.2 Å². The normalized spacial score (nSPS) is 14.2. The first-order valence-corrected chi connectivity index (χ1v) is 7.79. The van der Waals surface area contributed by atoms with Crippen LogP contribution < -0.4 is 14.8 Å². The van der Waals surface area contributed by atoms with Gasteiger partial charge >= 0.3 is 5.69 Å². The van der Waals surface area contributed by atoms with Gasteiger partial charge in [-0.15, -0.1) is 0 Å². The molecule has 0 saturated heterocycles. The number of rotatable bonds is 7.